The highest BCUT2D eigenvalue weighted by molar-refractivity contribution is 5.80. The van der Waals surface area contributed by atoms with E-state index in [0.717, 1.165) is 25.7 Å². The quantitative estimate of drug-likeness (QED) is 0.639. The van der Waals surface area contributed by atoms with Crippen LogP contribution in [0.2, 0.25) is 0 Å². The molecule has 3 nitrogen and oxygen atoms in total. The first-order valence-corrected chi connectivity index (χ1v) is 5.40. The number of hydrogen-bond donors (Lipinski definition) is 1. The van der Waals surface area contributed by atoms with Gasteiger partial charge in [0.2, 0.25) is 0 Å². The number of carbonyl (C=O) groups excluding carboxylic acids is 1. The second-order valence-corrected chi connectivity index (χ2v) is 5.39. The van der Waals surface area contributed by atoms with Crippen molar-refractivity contribution in [2.45, 2.75) is 37.7 Å². The lowest BCUT2D eigenvalue weighted by molar-refractivity contribution is -0.164. The van der Waals surface area contributed by atoms with Crippen LogP contribution in [0.25, 0.3) is 0 Å². The topological polar surface area (TPSA) is 46.5 Å². The van der Waals surface area contributed by atoms with Crippen LogP contribution >= 0.6 is 0 Å². The number of ether oxygens (including phenoxy) is 1. The molecule has 4 aliphatic carbocycles. The van der Waals surface area contributed by atoms with Crippen LogP contribution < -0.4 is 0 Å². The van der Waals surface area contributed by atoms with Crippen LogP contribution in [0.15, 0.2) is 0 Å². The van der Waals surface area contributed by atoms with E-state index >= 15 is 0 Å². The van der Waals surface area contributed by atoms with E-state index in [2.05, 4.69) is 0 Å². The van der Waals surface area contributed by atoms with E-state index in [-0.39, 0.29) is 5.97 Å². The monoisotopic (exact) mass is 196 g/mol. The molecule has 0 aromatic heterocycles. The summed E-state index contributed by atoms with van der Waals surface area (Å²) in [5.41, 5.74) is -1.26. The minimum absolute atomic E-state index is 0.176. The Hall–Kier alpha value is -0.570. The molecule has 3 heteroatoms. The van der Waals surface area contributed by atoms with Crippen molar-refractivity contribution in [3.63, 3.8) is 0 Å². The fourth-order valence-electron chi connectivity index (χ4n) is 4.38. The van der Waals surface area contributed by atoms with Gasteiger partial charge in [-0.3, -0.25) is 4.79 Å². The summed E-state index contributed by atoms with van der Waals surface area (Å²) >= 11 is 0. The van der Waals surface area contributed by atoms with Crippen molar-refractivity contribution in [2.75, 3.05) is 7.11 Å². The van der Waals surface area contributed by atoms with Gasteiger partial charge in [-0.25, -0.2) is 0 Å². The molecule has 2 unspecified atom stereocenters. The Morgan fingerprint density at radius 3 is 2.36 bits per heavy atom. The minimum atomic E-state index is -0.728. The maximum atomic E-state index is 11.8. The Bertz CT molecular complexity index is 283. The summed E-state index contributed by atoms with van der Waals surface area (Å²) in [5.74, 6) is 0.947. The fraction of sp³-hybridized carbons (Fsp3) is 0.909. The van der Waals surface area contributed by atoms with E-state index in [9.17, 15) is 9.90 Å². The van der Waals surface area contributed by atoms with Crippen molar-refractivity contribution in [3.8, 4) is 0 Å². The van der Waals surface area contributed by atoms with Crippen molar-refractivity contribution < 1.29 is 14.6 Å². The largest absolute Gasteiger partial charge is 0.469 e. The molecule has 78 valence electrons. The third-order valence-corrected chi connectivity index (χ3v) is 4.66. The summed E-state index contributed by atoms with van der Waals surface area (Å²) < 4.78 is 4.87. The Labute approximate surface area is 83.4 Å². The molecule has 4 bridgehead atoms. The molecule has 0 heterocycles. The predicted molar refractivity (Wildman–Crippen MR) is 49.5 cm³/mol. The Kier molecular flexibility index (Phi) is 1.45. The molecule has 1 N–H and O–H groups in total. The third kappa shape index (κ3) is 0.761. The summed E-state index contributed by atoms with van der Waals surface area (Å²) in [4.78, 5) is 11.8. The van der Waals surface area contributed by atoms with Gasteiger partial charge in [0.05, 0.1) is 18.1 Å². The highest BCUT2D eigenvalue weighted by Crippen LogP contribution is 2.67. The molecule has 0 radical (unpaired) electrons. The first-order valence-electron chi connectivity index (χ1n) is 5.40. The van der Waals surface area contributed by atoms with E-state index < -0.39 is 11.0 Å². The highest BCUT2D eigenvalue weighted by atomic mass is 16.5. The van der Waals surface area contributed by atoms with Crippen molar-refractivity contribution in [1.82, 2.24) is 0 Å². The average Bonchev–Trinajstić information content (AvgIpc) is 2.44. The van der Waals surface area contributed by atoms with Crippen LogP contribution in [0.1, 0.15) is 32.1 Å². The molecule has 14 heavy (non-hydrogen) atoms. The zero-order valence-electron chi connectivity index (χ0n) is 8.45. The van der Waals surface area contributed by atoms with Gasteiger partial charge in [0, 0.05) is 0 Å². The van der Waals surface area contributed by atoms with Gasteiger partial charge in [0.1, 0.15) is 0 Å². The van der Waals surface area contributed by atoms with Crippen molar-refractivity contribution in [3.05, 3.63) is 0 Å². The van der Waals surface area contributed by atoms with Gasteiger partial charge in [-0.05, 0) is 43.9 Å². The van der Waals surface area contributed by atoms with E-state index in [1.165, 1.54) is 13.5 Å². The molecular weight excluding hydrogens is 180 g/mol. The van der Waals surface area contributed by atoms with Gasteiger partial charge in [0.25, 0.3) is 0 Å². The molecule has 0 aromatic rings. The van der Waals surface area contributed by atoms with Gasteiger partial charge < -0.3 is 9.84 Å². The molecule has 4 rings (SSSR count). The normalized spacial score (nSPS) is 53.9. The van der Waals surface area contributed by atoms with E-state index in [1.54, 1.807) is 0 Å². The van der Waals surface area contributed by atoms with Crippen molar-refractivity contribution in [2.24, 2.45) is 17.3 Å². The smallest absolute Gasteiger partial charge is 0.314 e. The van der Waals surface area contributed by atoms with E-state index in [4.69, 9.17) is 4.74 Å². The number of methoxy groups -OCH3 is 1. The van der Waals surface area contributed by atoms with Crippen LogP contribution in [0.5, 0.6) is 0 Å². The molecule has 0 saturated heterocycles. The molecule has 0 spiro atoms. The summed E-state index contributed by atoms with van der Waals surface area (Å²) in [6.45, 7) is 0. The Morgan fingerprint density at radius 1 is 1.29 bits per heavy atom. The van der Waals surface area contributed by atoms with E-state index in [0.29, 0.717) is 11.8 Å². The Balaban J connectivity index is 2.04. The lowest BCUT2D eigenvalue weighted by atomic mass is 9.75. The van der Waals surface area contributed by atoms with Crippen LogP contribution in [-0.4, -0.2) is 23.8 Å². The molecule has 0 amide bonds. The molecule has 4 saturated carbocycles. The first-order chi connectivity index (χ1) is 6.60. The standard InChI is InChI=1S/C11H16O3/c1-14-9(12)10-3-7-2-8(4-10)6-11(10,13)5-7/h7-8,13H,2-6H2,1H3. The number of esters is 1. The number of rotatable bonds is 1. The number of carbonyl (C=O) groups is 1. The molecule has 4 aliphatic rings. The first kappa shape index (κ1) is 8.72. The summed E-state index contributed by atoms with van der Waals surface area (Å²) in [6, 6.07) is 0. The van der Waals surface area contributed by atoms with Crippen LogP contribution in [0.4, 0.5) is 0 Å². The maximum absolute atomic E-state index is 11.8. The maximum Gasteiger partial charge on any atom is 0.314 e. The molecule has 4 fully saturated rings. The lowest BCUT2D eigenvalue weighted by Gasteiger charge is -2.33. The SMILES string of the molecule is COC(=O)C12CC3CC(CC1(O)C3)C2. The van der Waals surface area contributed by atoms with Crippen molar-refractivity contribution in [1.29, 1.82) is 0 Å². The molecular formula is C11H16O3. The van der Waals surface area contributed by atoms with Crippen LogP contribution in [-0.2, 0) is 9.53 Å². The van der Waals surface area contributed by atoms with E-state index in [1.807, 2.05) is 0 Å². The summed E-state index contributed by atoms with van der Waals surface area (Å²) in [6.07, 6.45) is 4.55. The lowest BCUT2D eigenvalue weighted by Crippen LogP contribution is -2.45. The van der Waals surface area contributed by atoms with Gasteiger partial charge in [0.15, 0.2) is 0 Å². The second-order valence-electron chi connectivity index (χ2n) is 5.39. The summed E-state index contributed by atoms with van der Waals surface area (Å²) in [7, 11) is 1.43. The highest BCUT2D eigenvalue weighted by Gasteiger charge is 2.70. The van der Waals surface area contributed by atoms with Gasteiger partial charge in [-0.2, -0.15) is 0 Å². The fourth-order valence-corrected chi connectivity index (χ4v) is 4.38. The molecule has 0 aromatic carbocycles. The Morgan fingerprint density at radius 2 is 1.86 bits per heavy atom. The number of hydrogen-bond acceptors (Lipinski definition) is 3. The van der Waals surface area contributed by atoms with Gasteiger partial charge >= 0.3 is 5.97 Å². The third-order valence-electron chi connectivity index (χ3n) is 4.66. The predicted octanol–water partition coefficient (Wildman–Crippen LogP) is 1.10. The average molecular weight is 196 g/mol. The van der Waals surface area contributed by atoms with Crippen LogP contribution in [0.3, 0.4) is 0 Å². The minimum Gasteiger partial charge on any atom is -0.469 e. The molecule has 2 atom stereocenters. The summed E-state index contributed by atoms with van der Waals surface area (Å²) in [5, 5.41) is 10.5. The van der Waals surface area contributed by atoms with Crippen molar-refractivity contribution >= 4 is 5.97 Å². The van der Waals surface area contributed by atoms with Gasteiger partial charge in [-0.1, -0.05) is 0 Å². The number of aliphatic hydroxyl groups is 1. The zero-order valence-corrected chi connectivity index (χ0v) is 8.45. The second kappa shape index (κ2) is 2.32. The van der Waals surface area contributed by atoms with Crippen LogP contribution in [0, 0.1) is 17.3 Å². The van der Waals surface area contributed by atoms with Gasteiger partial charge in [-0.15, -0.1) is 0 Å². The zero-order chi connectivity index (χ0) is 9.97. The molecule has 0 aliphatic heterocycles.